The Kier molecular flexibility index (Phi) is 3.70. The van der Waals surface area contributed by atoms with E-state index in [9.17, 15) is 5.11 Å². The van der Waals surface area contributed by atoms with Crippen molar-refractivity contribution in [2.75, 3.05) is 0 Å². The Morgan fingerprint density at radius 1 is 0.368 bits per heavy atom. The molecule has 0 saturated carbocycles. The highest BCUT2D eigenvalue weighted by Crippen LogP contribution is 2.47. The minimum atomic E-state index is 0.237. The van der Waals surface area contributed by atoms with Gasteiger partial charge in [-0.15, -0.1) is 0 Å². The van der Waals surface area contributed by atoms with Gasteiger partial charge in [0, 0.05) is 33.0 Å². The number of rotatable bonds is 0. The number of phenols is 1. The molecule has 8 aromatic carbocycles. The maximum Gasteiger partial charge on any atom is 0.139 e. The lowest BCUT2D eigenvalue weighted by atomic mass is 9.90. The van der Waals surface area contributed by atoms with Crippen LogP contribution in [0.3, 0.4) is 0 Å². The molecule has 2 nitrogen and oxygen atoms in total. The standard InChI is InChI=1S/C36H20O2/c37-28-19-30-36(34-27(28)17-15-23-12-10-21-6-2-4-8-26(21)32(23)34)35-29(38-30)18-16-24-14-13-22-11-9-20-5-1-3-7-25(20)31(22)33(24)35/h1-19,37H. The van der Waals surface area contributed by atoms with E-state index in [1.165, 1.54) is 43.1 Å². The maximum atomic E-state index is 11.2. The molecule has 9 aromatic rings. The molecule has 0 spiro atoms. The lowest BCUT2D eigenvalue weighted by Crippen LogP contribution is -1.85. The van der Waals surface area contributed by atoms with E-state index in [1.54, 1.807) is 6.07 Å². The normalized spacial score (nSPS) is 12.3. The first-order valence-electron chi connectivity index (χ1n) is 12.9. The van der Waals surface area contributed by atoms with Gasteiger partial charge in [0.2, 0.25) is 0 Å². The third-order valence-corrected chi connectivity index (χ3v) is 8.27. The van der Waals surface area contributed by atoms with Crippen LogP contribution in [-0.4, -0.2) is 5.11 Å². The Morgan fingerprint density at radius 3 is 1.55 bits per heavy atom. The summed E-state index contributed by atoms with van der Waals surface area (Å²) in [5.74, 6) is 0.237. The fraction of sp³-hybridized carbons (Fsp3) is 0. The van der Waals surface area contributed by atoms with Gasteiger partial charge in [-0.1, -0.05) is 97.1 Å². The first-order valence-corrected chi connectivity index (χ1v) is 12.9. The number of phenolic OH excluding ortho intramolecular Hbond substituents is 1. The van der Waals surface area contributed by atoms with Crippen LogP contribution >= 0.6 is 0 Å². The molecule has 176 valence electrons. The summed E-state index contributed by atoms with van der Waals surface area (Å²) in [6.07, 6.45) is 0. The third-order valence-electron chi connectivity index (χ3n) is 8.27. The number of furan rings is 1. The van der Waals surface area contributed by atoms with E-state index in [1.807, 2.05) is 6.07 Å². The molecule has 0 radical (unpaired) electrons. The Morgan fingerprint density at radius 2 is 0.868 bits per heavy atom. The molecule has 0 aliphatic rings. The Balaban J connectivity index is 1.67. The zero-order valence-corrected chi connectivity index (χ0v) is 20.3. The van der Waals surface area contributed by atoms with Crippen molar-refractivity contribution in [3.63, 3.8) is 0 Å². The summed E-state index contributed by atoms with van der Waals surface area (Å²) >= 11 is 0. The molecule has 1 N–H and O–H groups in total. The molecule has 0 aliphatic heterocycles. The van der Waals surface area contributed by atoms with Crippen molar-refractivity contribution in [2.24, 2.45) is 0 Å². The maximum absolute atomic E-state index is 11.2. The zero-order chi connectivity index (χ0) is 25.0. The molecule has 0 aliphatic carbocycles. The molecule has 2 heteroatoms. The molecular formula is C36H20O2. The number of hydrogen-bond donors (Lipinski definition) is 1. The highest BCUT2D eigenvalue weighted by atomic mass is 16.3. The van der Waals surface area contributed by atoms with E-state index in [4.69, 9.17) is 4.42 Å². The Hall–Kier alpha value is -5.08. The predicted octanol–water partition coefficient (Wildman–Crippen LogP) is 10.2. The van der Waals surface area contributed by atoms with Crippen molar-refractivity contribution >= 4 is 86.6 Å². The van der Waals surface area contributed by atoms with Crippen LogP contribution in [0, 0.1) is 0 Å². The fourth-order valence-electron chi connectivity index (χ4n) is 6.64. The second kappa shape index (κ2) is 7.02. The monoisotopic (exact) mass is 484 g/mol. The minimum Gasteiger partial charge on any atom is -0.507 e. The molecule has 9 rings (SSSR count). The number of benzene rings is 8. The van der Waals surface area contributed by atoms with Gasteiger partial charge in [-0.3, -0.25) is 0 Å². The van der Waals surface area contributed by atoms with Gasteiger partial charge in [0.25, 0.3) is 0 Å². The predicted molar refractivity (Wildman–Crippen MR) is 160 cm³/mol. The molecule has 0 unspecified atom stereocenters. The van der Waals surface area contributed by atoms with Gasteiger partial charge in [0.05, 0.1) is 0 Å². The molecule has 0 saturated heterocycles. The average Bonchev–Trinajstić information content (AvgIpc) is 3.34. The van der Waals surface area contributed by atoms with Crippen molar-refractivity contribution in [3.8, 4) is 5.75 Å². The minimum absolute atomic E-state index is 0.237. The smallest absolute Gasteiger partial charge is 0.139 e. The molecule has 0 amide bonds. The average molecular weight is 485 g/mol. The van der Waals surface area contributed by atoms with Gasteiger partial charge in [-0.05, 0) is 60.6 Å². The van der Waals surface area contributed by atoms with E-state index in [2.05, 4.69) is 103 Å². The molecule has 1 heterocycles. The summed E-state index contributed by atoms with van der Waals surface area (Å²) in [6, 6.07) is 40.4. The van der Waals surface area contributed by atoms with Crippen LogP contribution in [0.2, 0.25) is 0 Å². The molecular weight excluding hydrogens is 464 g/mol. The van der Waals surface area contributed by atoms with Crippen LogP contribution in [0.1, 0.15) is 0 Å². The largest absolute Gasteiger partial charge is 0.507 e. The van der Waals surface area contributed by atoms with Gasteiger partial charge < -0.3 is 9.52 Å². The second-order valence-electron chi connectivity index (χ2n) is 10.2. The fourth-order valence-corrected chi connectivity index (χ4v) is 6.64. The van der Waals surface area contributed by atoms with E-state index in [-0.39, 0.29) is 5.75 Å². The van der Waals surface area contributed by atoms with Crippen molar-refractivity contribution in [3.05, 3.63) is 115 Å². The van der Waals surface area contributed by atoms with Gasteiger partial charge in [0.1, 0.15) is 16.9 Å². The van der Waals surface area contributed by atoms with Crippen LogP contribution < -0.4 is 0 Å². The molecule has 0 fully saturated rings. The lowest BCUT2D eigenvalue weighted by molar-refractivity contribution is 0.481. The summed E-state index contributed by atoms with van der Waals surface area (Å²) < 4.78 is 6.51. The van der Waals surface area contributed by atoms with Crippen LogP contribution in [0.4, 0.5) is 0 Å². The van der Waals surface area contributed by atoms with Gasteiger partial charge >= 0.3 is 0 Å². The van der Waals surface area contributed by atoms with E-state index >= 15 is 0 Å². The summed E-state index contributed by atoms with van der Waals surface area (Å²) in [7, 11) is 0. The highest BCUT2D eigenvalue weighted by molar-refractivity contribution is 6.38. The van der Waals surface area contributed by atoms with Crippen molar-refractivity contribution in [1.29, 1.82) is 0 Å². The Bertz CT molecular complexity index is 2460. The number of aromatic hydroxyl groups is 1. The van der Waals surface area contributed by atoms with Gasteiger partial charge in [-0.25, -0.2) is 0 Å². The Labute approximate surface area is 216 Å². The van der Waals surface area contributed by atoms with Gasteiger partial charge in [-0.2, -0.15) is 0 Å². The zero-order valence-electron chi connectivity index (χ0n) is 20.3. The van der Waals surface area contributed by atoms with Crippen LogP contribution in [0.15, 0.2) is 120 Å². The molecule has 0 bridgehead atoms. The van der Waals surface area contributed by atoms with Crippen LogP contribution in [-0.2, 0) is 0 Å². The first kappa shape index (κ1) is 20.0. The summed E-state index contributed by atoms with van der Waals surface area (Å²) in [5.41, 5.74) is 1.53. The third kappa shape index (κ3) is 2.47. The van der Waals surface area contributed by atoms with Crippen molar-refractivity contribution in [2.45, 2.75) is 0 Å². The summed E-state index contributed by atoms with van der Waals surface area (Å²) in [6.45, 7) is 0. The lowest BCUT2D eigenvalue weighted by Gasteiger charge is -2.12. The molecule has 1 aromatic heterocycles. The molecule has 38 heavy (non-hydrogen) atoms. The highest BCUT2D eigenvalue weighted by Gasteiger charge is 2.20. The summed E-state index contributed by atoms with van der Waals surface area (Å²) in [5, 5.41) is 27.1. The SMILES string of the molecule is Oc1cc2oc3ccc4ccc5ccc6ccccc6c5c4c3c2c2c1ccc1ccc3ccccc3c12. The topological polar surface area (TPSA) is 33.4 Å². The second-order valence-corrected chi connectivity index (χ2v) is 10.2. The molecule has 0 atom stereocenters. The summed E-state index contributed by atoms with van der Waals surface area (Å²) in [4.78, 5) is 0. The van der Waals surface area contributed by atoms with E-state index in [0.29, 0.717) is 5.58 Å². The van der Waals surface area contributed by atoms with Crippen LogP contribution in [0.5, 0.6) is 5.75 Å². The number of hydrogen-bond acceptors (Lipinski definition) is 2. The first-order chi connectivity index (χ1) is 18.8. The van der Waals surface area contributed by atoms with Crippen LogP contribution in [0.25, 0.3) is 86.6 Å². The van der Waals surface area contributed by atoms with E-state index < -0.39 is 0 Å². The quantitative estimate of drug-likeness (QED) is 0.217. The van der Waals surface area contributed by atoms with Gasteiger partial charge in [0.15, 0.2) is 0 Å². The van der Waals surface area contributed by atoms with Crippen molar-refractivity contribution < 1.29 is 9.52 Å². The number of fused-ring (bicyclic) bond motifs is 15. The van der Waals surface area contributed by atoms with E-state index in [0.717, 1.165) is 37.9 Å². The van der Waals surface area contributed by atoms with Crippen molar-refractivity contribution in [1.82, 2.24) is 0 Å².